The van der Waals surface area contributed by atoms with Gasteiger partial charge in [0.1, 0.15) is 5.82 Å². The maximum Gasteiger partial charge on any atom is 0.128 e. The summed E-state index contributed by atoms with van der Waals surface area (Å²) >= 11 is 1.92. The molecule has 1 unspecified atom stereocenters. The summed E-state index contributed by atoms with van der Waals surface area (Å²) in [5.41, 5.74) is 8.81. The highest BCUT2D eigenvalue weighted by Crippen LogP contribution is 2.32. The minimum Gasteiger partial charge on any atom is -0.323 e. The first-order chi connectivity index (χ1) is 8.58. The highest BCUT2D eigenvalue weighted by molar-refractivity contribution is 7.99. The summed E-state index contributed by atoms with van der Waals surface area (Å²) in [7, 11) is 0. The summed E-state index contributed by atoms with van der Waals surface area (Å²) in [4.78, 5) is 0. The zero-order chi connectivity index (χ0) is 13.1. The van der Waals surface area contributed by atoms with Crippen molar-refractivity contribution in [1.29, 1.82) is 0 Å². The van der Waals surface area contributed by atoms with Gasteiger partial charge in [0.05, 0.1) is 0 Å². The normalized spacial score (nSPS) is 18.2. The number of nitrogens with two attached hydrogens (primary N) is 1. The summed E-state index contributed by atoms with van der Waals surface area (Å²) < 4.78 is 14.0. The van der Waals surface area contributed by atoms with E-state index < -0.39 is 0 Å². The molecule has 1 nitrogen and oxygen atoms in total. The van der Waals surface area contributed by atoms with Gasteiger partial charge in [-0.2, -0.15) is 11.8 Å². The van der Waals surface area contributed by atoms with Crippen molar-refractivity contribution in [3.05, 3.63) is 34.6 Å². The first kappa shape index (κ1) is 13.9. The molecule has 0 radical (unpaired) electrons. The lowest BCUT2D eigenvalue weighted by Crippen LogP contribution is -2.18. The van der Waals surface area contributed by atoms with Crippen LogP contribution in [0.4, 0.5) is 4.39 Å². The van der Waals surface area contributed by atoms with Gasteiger partial charge in [-0.05, 0) is 43.9 Å². The summed E-state index contributed by atoms with van der Waals surface area (Å²) in [6, 6.07) is 3.41. The molecule has 1 atom stereocenters. The molecule has 1 fully saturated rings. The van der Waals surface area contributed by atoms with Crippen molar-refractivity contribution in [2.75, 3.05) is 5.75 Å². The maximum atomic E-state index is 14.0. The predicted molar refractivity (Wildman–Crippen MR) is 77.5 cm³/mol. The van der Waals surface area contributed by atoms with Gasteiger partial charge in [-0.15, -0.1) is 0 Å². The second-order valence-corrected chi connectivity index (χ2v) is 6.66. The Balaban J connectivity index is 2.01. The Morgan fingerprint density at radius 3 is 2.61 bits per heavy atom. The average molecular weight is 267 g/mol. The molecule has 0 bridgehead atoms. The minimum atomic E-state index is -0.184. The van der Waals surface area contributed by atoms with Gasteiger partial charge in [-0.3, -0.25) is 0 Å². The van der Waals surface area contributed by atoms with E-state index in [1.807, 2.05) is 31.7 Å². The smallest absolute Gasteiger partial charge is 0.128 e. The Morgan fingerprint density at radius 2 is 2.00 bits per heavy atom. The van der Waals surface area contributed by atoms with Crippen molar-refractivity contribution in [2.24, 2.45) is 5.73 Å². The lowest BCUT2D eigenvalue weighted by atomic mass is 10.00. The van der Waals surface area contributed by atoms with Crippen molar-refractivity contribution >= 4 is 11.8 Å². The average Bonchev–Trinajstić information content (AvgIpc) is 2.77. The van der Waals surface area contributed by atoms with Crippen molar-refractivity contribution < 1.29 is 4.39 Å². The lowest BCUT2D eigenvalue weighted by molar-refractivity contribution is 0.591. The fraction of sp³-hybridized carbons (Fsp3) is 0.600. The van der Waals surface area contributed by atoms with E-state index in [1.165, 1.54) is 25.7 Å². The van der Waals surface area contributed by atoms with E-state index in [0.717, 1.165) is 22.1 Å². The van der Waals surface area contributed by atoms with Crippen LogP contribution in [0.25, 0.3) is 0 Å². The van der Waals surface area contributed by atoms with Gasteiger partial charge >= 0.3 is 0 Å². The number of aryl methyl sites for hydroxylation is 2. The molecule has 1 aliphatic rings. The molecule has 1 aliphatic carbocycles. The van der Waals surface area contributed by atoms with E-state index in [9.17, 15) is 4.39 Å². The Labute approximate surface area is 113 Å². The molecule has 0 aromatic heterocycles. The largest absolute Gasteiger partial charge is 0.323 e. The van der Waals surface area contributed by atoms with Crippen LogP contribution in [-0.2, 0) is 0 Å². The fourth-order valence-electron chi connectivity index (χ4n) is 2.77. The molecule has 3 heteroatoms. The van der Waals surface area contributed by atoms with Gasteiger partial charge in [0.2, 0.25) is 0 Å². The van der Waals surface area contributed by atoms with Crippen LogP contribution in [0.1, 0.15) is 48.4 Å². The van der Waals surface area contributed by atoms with Crippen LogP contribution in [0.15, 0.2) is 12.1 Å². The molecule has 0 aliphatic heterocycles. The molecule has 0 heterocycles. The van der Waals surface area contributed by atoms with Crippen LogP contribution < -0.4 is 5.73 Å². The van der Waals surface area contributed by atoms with E-state index in [2.05, 4.69) is 0 Å². The van der Waals surface area contributed by atoms with Crippen LogP contribution >= 0.6 is 11.8 Å². The third-order valence-electron chi connectivity index (χ3n) is 3.67. The van der Waals surface area contributed by atoms with Gasteiger partial charge in [0.15, 0.2) is 0 Å². The number of hydrogen-bond donors (Lipinski definition) is 1. The molecule has 18 heavy (non-hydrogen) atoms. The molecule has 2 N–H and O–H groups in total. The molecule has 0 amide bonds. The topological polar surface area (TPSA) is 26.0 Å². The predicted octanol–water partition coefficient (Wildman–Crippen LogP) is 4.12. The highest BCUT2D eigenvalue weighted by Gasteiger charge is 2.19. The number of rotatable bonds is 4. The standard InChI is InChI=1S/C15H22FNS/c1-10-7-11(2)15(13(16)8-10)14(17)9-18-12-5-3-4-6-12/h7-8,12,14H,3-6,9,17H2,1-2H3. The highest BCUT2D eigenvalue weighted by atomic mass is 32.2. The van der Waals surface area contributed by atoms with Gasteiger partial charge in [0, 0.05) is 22.6 Å². The number of hydrogen-bond acceptors (Lipinski definition) is 2. The SMILES string of the molecule is Cc1cc(C)c(C(N)CSC2CCCC2)c(F)c1. The Hall–Kier alpha value is -0.540. The summed E-state index contributed by atoms with van der Waals surface area (Å²) in [5, 5.41) is 0.741. The Kier molecular flexibility index (Phi) is 4.68. The molecule has 2 rings (SSSR count). The molecule has 0 saturated heterocycles. The van der Waals surface area contributed by atoms with Crippen LogP contribution in [0.2, 0.25) is 0 Å². The van der Waals surface area contributed by atoms with Gasteiger partial charge in [-0.1, -0.05) is 18.9 Å². The van der Waals surface area contributed by atoms with Gasteiger partial charge in [-0.25, -0.2) is 4.39 Å². The third-order valence-corrected chi connectivity index (χ3v) is 5.16. The van der Waals surface area contributed by atoms with E-state index in [4.69, 9.17) is 5.73 Å². The van der Waals surface area contributed by atoms with Crippen LogP contribution in [0.3, 0.4) is 0 Å². The summed E-state index contributed by atoms with van der Waals surface area (Å²) in [6.07, 6.45) is 5.27. The van der Waals surface area contributed by atoms with Crippen LogP contribution in [0.5, 0.6) is 0 Å². The minimum absolute atomic E-state index is 0.146. The van der Waals surface area contributed by atoms with E-state index in [1.54, 1.807) is 6.07 Å². The second kappa shape index (κ2) is 6.07. The van der Waals surface area contributed by atoms with Crippen molar-refractivity contribution in [3.8, 4) is 0 Å². The molecule has 100 valence electrons. The Bertz CT molecular complexity index is 390. The van der Waals surface area contributed by atoms with Crippen LogP contribution in [0, 0.1) is 19.7 Å². The maximum absolute atomic E-state index is 14.0. The number of halogens is 1. The second-order valence-electron chi connectivity index (χ2n) is 5.32. The molecular weight excluding hydrogens is 245 g/mol. The molecule has 1 saturated carbocycles. The van der Waals surface area contributed by atoms with E-state index in [-0.39, 0.29) is 11.9 Å². The van der Waals surface area contributed by atoms with E-state index >= 15 is 0 Å². The van der Waals surface area contributed by atoms with E-state index in [0.29, 0.717) is 5.56 Å². The summed E-state index contributed by atoms with van der Waals surface area (Å²) in [6.45, 7) is 3.87. The van der Waals surface area contributed by atoms with Crippen molar-refractivity contribution in [3.63, 3.8) is 0 Å². The van der Waals surface area contributed by atoms with Crippen LogP contribution in [-0.4, -0.2) is 11.0 Å². The van der Waals surface area contributed by atoms with Gasteiger partial charge < -0.3 is 5.73 Å². The fourth-order valence-corrected chi connectivity index (χ4v) is 4.09. The van der Waals surface area contributed by atoms with Crippen molar-refractivity contribution in [2.45, 2.75) is 50.8 Å². The molecule has 0 spiro atoms. The zero-order valence-corrected chi connectivity index (χ0v) is 12.0. The van der Waals surface area contributed by atoms with Gasteiger partial charge in [0.25, 0.3) is 0 Å². The number of thioether (sulfide) groups is 1. The lowest BCUT2D eigenvalue weighted by Gasteiger charge is -2.18. The summed E-state index contributed by atoms with van der Waals surface area (Å²) in [5.74, 6) is 0.679. The zero-order valence-electron chi connectivity index (χ0n) is 11.2. The quantitative estimate of drug-likeness (QED) is 0.888. The molecule has 1 aromatic rings. The molecular formula is C15H22FNS. The first-order valence-electron chi connectivity index (χ1n) is 6.71. The number of benzene rings is 1. The third kappa shape index (κ3) is 3.27. The monoisotopic (exact) mass is 267 g/mol. The van der Waals surface area contributed by atoms with Crippen molar-refractivity contribution in [1.82, 2.24) is 0 Å². The Morgan fingerprint density at radius 1 is 1.33 bits per heavy atom. The first-order valence-corrected chi connectivity index (χ1v) is 7.76. The molecule has 1 aromatic carbocycles.